The number of nitrogens with two attached hydrogens (primary N) is 1. The lowest BCUT2D eigenvalue weighted by Gasteiger charge is -2.27. The van der Waals surface area contributed by atoms with Crippen molar-refractivity contribution in [2.75, 3.05) is 0 Å². The van der Waals surface area contributed by atoms with Crippen LogP contribution in [0.15, 0.2) is 17.0 Å². The lowest BCUT2D eigenvalue weighted by Crippen LogP contribution is -2.38. The van der Waals surface area contributed by atoms with Crippen LogP contribution >= 0.6 is 23.2 Å². The monoisotopic (exact) mass is 350 g/mol. The average Bonchev–Trinajstić information content (AvgIpc) is 2.40. The van der Waals surface area contributed by atoms with E-state index < -0.39 is 10.0 Å². The fraction of sp³-hybridized carbons (Fsp3) is 0.571. The highest BCUT2D eigenvalue weighted by Crippen LogP contribution is 2.31. The van der Waals surface area contributed by atoms with E-state index in [1.165, 1.54) is 6.07 Å². The summed E-state index contributed by atoms with van der Waals surface area (Å²) in [5.41, 5.74) is 6.11. The van der Waals surface area contributed by atoms with Gasteiger partial charge in [-0.2, -0.15) is 0 Å². The molecule has 0 saturated heterocycles. The molecule has 0 heterocycles. The molecule has 0 spiro atoms. The molecule has 21 heavy (non-hydrogen) atoms. The Balaban J connectivity index is 2.29. The standard InChI is InChI=1S/C14H20Cl2N2O2S/c1-9-3-2-4-12(5-9)18-21(19,20)13-7-11(15)6-10(8-17)14(13)16/h6-7,9,12,18H,2-5,8,17H2,1H3. The Morgan fingerprint density at radius 1 is 1.33 bits per heavy atom. The Bertz CT molecular complexity index is 620. The first kappa shape index (κ1) is 17.0. The second-order valence-electron chi connectivity index (χ2n) is 5.67. The molecule has 0 aliphatic heterocycles. The van der Waals surface area contributed by atoms with Crippen molar-refractivity contribution in [2.45, 2.75) is 50.1 Å². The minimum Gasteiger partial charge on any atom is -0.326 e. The van der Waals surface area contributed by atoms with E-state index in [4.69, 9.17) is 28.9 Å². The molecule has 2 rings (SSSR count). The van der Waals surface area contributed by atoms with E-state index in [0.717, 1.165) is 25.7 Å². The predicted octanol–water partition coefficient (Wildman–Crippen LogP) is 3.31. The smallest absolute Gasteiger partial charge is 0.242 e. The fourth-order valence-electron chi connectivity index (χ4n) is 2.79. The number of sulfonamides is 1. The maximum atomic E-state index is 12.6. The molecule has 0 amide bonds. The van der Waals surface area contributed by atoms with Crippen molar-refractivity contribution in [3.05, 3.63) is 27.7 Å². The summed E-state index contributed by atoms with van der Waals surface area (Å²) in [4.78, 5) is 0.00958. The molecule has 1 aromatic carbocycles. The molecule has 7 heteroatoms. The van der Waals surface area contributed by atoms with Gasteiger partial charge in [-0.15, -0.1) is 0 Å². The SMILES string of the molecule is CC1CCCC(NS(=O)(=O)c2cc(Cl)cc(CN)c2Cl)C1. The Morgan fingerprint density at radius 2 is 2.05 bits per heavy atom. The van der Waals surface area contributed by atoms with Crippen LogP contribution in [0.25, 0.3) is 0 Å². The van der Waals surface area contributed by atoms with Gasteiger partial charge in [0.25, 0.3) is 0 Å². The summed E-state index contributed by atoms with van der Waals surface area (Å²) >= 11 is 12.1. The van der Waals surface area contributed by atoms with Crippen molar-refractivity contribution in [1.82, 2.24) is 4.72 Å². The average molecular weight is 351 g/mol. The maximum Gasteiger partial charge on any atom is 0.242 e. The third kappa shape index (κ3) is 4.11. The summed E-state index contributed by atoms with van der Waals surface area (Å²) in [5, 5.41) is 0.468. The zero-order valence-electron chi connectivity index (χ0n) is 11.9. The van der Waals surface area contributed by atoms with Crippen molar-refractivity contribution in [3.8, 4) is 0 Å². The molecule has 3 N–H and O–H groups in total. The van der Waals surface area contributed by atoms with Crippen molar-refractivity contribution in [1.29, 1.82) is 0 Å². The molecular weight excluding hydrogens is 331 g/mol. The van der Waals surface area contributed by atoms with Gasteiger partial charge >= 0.3 is 0 Å². The predicted molar refractivity (Wildman–Crippen MR) is 86.1 cm³/mol. The zero-order valence-corrected chi connectivity index (χ0v) is 14.2. The van der Waals surface area contributed by atoms with E-state index in [0.29, 0.717) is 16.5 Å². The number of nitrogens with one attached hydrogen (secondary N) is 1. The largest absolute Gasteiger partial charge is 0.326 e. The highest BCUT2D eigenvalue weighted by atomic mass is 35.5. The Labute approximate surface area is 136 Å². The van der Waals surface area contributed by atoms with Gasteiger partial charge in [-0.05, 0) is 36.5 Å². The molecule has 118 valence electrons. The summed E-state index contributed by atoms with van der Waals surface area (Å²) in [6.07, 6.45) is 3.88. The minimum atomic E-state index is -3.69. The molecule has 1 aromatic rings. The number of hydrogen-bond acceptors (Lipinski definition) is 3. The highest BCUT2D eigenvalue weighted by molar-refractivity contribution is 7.89. The quantitative estimate of drug-likeness (QED) is 0.874. The molecule has 0 bridgehead atoms. The van der Waals surface area contributed by atoms with Gasteiger partial charge in [0.05, 0.1) is 5.02 Å². The van der Waals surface area contributed by atoms with Crippen LogP contribution in [0.1, 0.15) is 38.2 Å². The topological polar surface area (TPSA) is 72.2 Å². The van der Waals surface area contributed by atoms with Crippen LogP contribution in [-0.2, 0) is 16.6 Å². The van der Waals surface area contributed by atoms with E-state index >= 15 is 0 Å². The van der Waals surface area contributed by atoms with Gasteiger partial charge in [0.1, 0.15) is 4.90 Å². The summed E-state index contributed by atoms with van der Waals surface area (Å²) in [6, 6.07) is 2.92. The number of halogens is 2. The third-order valence-electron chi connectivity index (χ3n) is 3.85. The number of rotatable bonds is 4. The van der Waals surface area contributed by atoms with Crippen LogP contribution < -0.4 is 10.5 Å². The van der Waals surface area contributed by atoms with Crippen LogP contribution in [0.4, 0.5) is 0 Å². The van der Waals surface area contributed by atoms with E-state index in [2.05, 4.69) is 11.6 Å². The van der Waals surface area contributed by atoms with Crippen molar-refractivity contribution in [3.63, 3.8) is 0 Å². The van der Waals surface area contributed by atoms with E-state index in [1.807, 2.05) is 0 Å². The van der Waals surface area contributed by atoms with Gasteiger partial charge in [-0.25, -0.2) is 13.1 Å². The van der Waals surface area contributed by atoms with Gasteiger partial charge < -0.3 is 5.73 Å². The molecule has 0 aromatic heterocycles. The molecule has 1 aliphatic carbocycles. The lowest BCUT2D eigenvalue weighted by molar-refractivity contribution is 0.327. The molecule has 1 saturated carbocycles. The minimum absolute atomic E-state index is 0.00958. The second kappa shape index (κ2) is 6.84. The van der Waals surface area contributed by atoms with Crippen LogP contribution in [0.3, 0.4) is 0 Å². The van der Waals surface area contributed by atoms with Gasteiger partial charge in [-0.1, -0.05) is 43.0 Å². The molecule has 2 unspecified atom stereocenters. The summed E-state index contributed by atoms with van der Waals surface area (Å²) < 4.78 is 27.9. The number of benzene rings is 1. The van der Waals surface area contributed by atoms with Gasteiger partial charge in [0, 0.05) is 17.6 Å². The molecule has 2 atom stereocenters. The molecule has 0 radical (unpaired) electrons. The first-order valence-corrected chi connectivity index (χ1v) is 9.27. The van der Waals surface area contributed by atoms with Crippen LogP contribution in [-0.4, -0.2) is 14.5 Å². The summed E-state index contributed by atoms with van der Waals surface area (Å²) in [7, 11) is -3.69. The first-order chi connectivity index (χ1) is 9.83. The molecular formula is C14H20Cl2N2O2S. The summed E-state index contributed by atoms with van der Waals surface area (Å²) in [6.45, 7) is 2.28. The van der Waals surface area contributed by atoms with Gasteiger partial charge in [0.15, 0.2) is 0 Å². The van der Waals surface area contributed by atoms with Crippen molar-refractivity contribution >= 4 is 33.2 Å². The Morgan fingerprint density at radius 3 is 2.67 bits per heavy atom. The van der Waals surface area contributed by atoms with Crippen LogP contribution in [0.5, 0.6) is 0 Å². The fourth-order valence-corrected chi connectivity index (χ4v) is 5.01. The molecule has 4 nitrogen and oxygen atoms in total. The van der Waals surface area contributed by atoms with Crippen LogP contribution in [0.2, 0.25) is 10.0 Å². The second-order valence-corrected chi connectivity index (χ2v) is 8.17. The van der Waals surface area contributed by atoms with Gasteiger partial charge in [-0.3, -0.25) is 0 Å². The van der Waals surface area contributed by atoms with E-state index in [1.54, 1.807) is 6.07 Å². The molecule has 1 aliphatic rings. The Kier molecular flexibility index (Phi) is 5.54. The lowest BCUT2D eigenvalue weighted by atomic mass is 9.88. The first-order valence-electron chi connectivity index (χ1n) is 7.04. The van der Waals surface area contributed by atoms with Crippen molar-refractivity contribution in [2.24, 2.45) is 11.7 Å². The number of hydrogen-bond donors (Lipinski definition) is 2. The Hall–Kier alpha value is -0.330. The van der Waals surface area contributed by atoms with E-state index in [9.17, 15) is 8.42 Å². The molecule has 1 fully saturated rings. The highest BCUT2D eigenvalue weighted by Gasteiger charge is 2.27. The summed E-state index contributed by atoms with van der Waals surface area (Å²) in [5.74, 6) is 0.529. The van der Waals surface area contributed by atoms with E-state index in [-0.39, 0.29) is 22.5 Å². The third-order valence-corrected chi connectivity index (χ3v) is 6.17. The maximum absolute atomic E-state index is 12.6. The van der Waals surface area contributed by atoms with Crippen LogP contribution in [0, 0.1) is 5.92 Å². The van der Waals surface area contributed by atoms with Gasteiger partial charge in [0.2, 0.25) is 10.0 Å². The zero-order chi connectivity index (χ0) is 15.6. The normalized spacial score (nSPS) is 23.2. The van der Waals surface area contributed by atoms with Crippen molar-refractivity contribution < 1.29 is 8.42 Å².